The molecule has 0 spiro atoms. The zero-order valence-corrected chi connectivity index (χ0v) is 14.0. The van der Waals surface area contributed by atoms with Crippen molar-refractivity contribution in [1.82, 2.24) is 4.98 Å². The molecule has 2 aromatic rings. The van der Waals surface area contributed by atoms with E-state index in [-0.39, 0.29) is 5.97 Å². The minimum absolute atomic E-state index is 0.293. The van der Waals surface area contributed by atoms with Crippen LogP contribution in [0.4, 0.5) is 0 Å². The molecule has 0 amide bonds. The highest BCUT2D eigenvalue weighted by molar-refractivity contribution is 7.15. The maximum absolute atomic E-state index is 12.0. The Morgan fingerprint density at radius 3 is 2.33 bits per heavy atom. The van der Waals surface area contributed by atoms with Crippen LogP contribution in [0.2, 0.25) is 0 Å². The predicted octanol–water partition coefficient (Wildman–Crippen LogP) is 4.64. The average Bonchev–Trinajstić information content (AvgIpc) is 2.78. The standard InChI is InChI=1S/C17H21NO2S/c1-6-14-11(2)21-15(18-14)12-7-9-13(10-8-12)16(19)20-17(3,4)5/h7-10H,6H2,1-5H3. The van der Waals surface area contributed by atoms with Crippen LogP contribution in [0.5, 0.6) is 0 Å². The Bertz CT molecular complexity index is 636. The van der Waals surface area contributed by atoms with Gasteiger partial charge in [-0.1, -0.05) is 19.1 Å². The molecule has 0 radical (unpaired) electrons. The maximum atomic E-state index is 12.0. The Morgan fingerprint density at radius 1 is 1.24 bits per heavy atom. The summed E-state index contributed by atoms with van der Waals surface area (Å²) in [5.74, 6) is -0.293. The minimum Gasteiger partial charge on any atom is -0.456 e. The van der Waals surface area contributed by atoms with E-state index in [4.69, 9.17) is 4.74 Å². The Hall–Kier alpha value is -1.68. The molecule has 0 bridgehead atoms. The molecule has 0 unspecified atom stereocenters. The van der Waals surface area contributed by atoms with Crippen molar-refractivity contribution < 1.29 is 9.53 Å². The second kappa shape index (κ2) is 5.98. The summed E-state index contributed by atoms with van der Waals surface area (Å²) in [6.45, 7) is 9.80. The van der Waals surface area contributed by atoms with E-state index in [2.05, 4.69) is 18.8 Å². The second-order valence-corrected chi connectivity index (χ2v) is 7.16. The molecule has 0 atom stereocenters. The van der Waals surface area contributed by atoms with Crippen molar-refractivity contribution >= 4 is 17.3 Å². The fraction of sp³-hybridized carbons (Fsp3) is 0.412. The van der Waals surface area contributed by atoms with Crippen LogP contribution >= 0.6 is 11.3 Å². The largest absolute Gasteiger partial charge is 0.456 e. The SMILES string of the molecule is CCc1nc(-c2ccc(C(=O)OC(C)(C)C)cc2)sc1C. The Morgan fingerprint density at radius 2 is 1.86 bits per heavy atom. The molecule has 21 heavy (non-hydrogen) atoms. The molecule has 1 heterocycles. The lowest BCUT2D eigenvalue weighted by Crippen LogP contribution is -2.23. The van der Waals surface area contributed by atoms with Crippen LogP contribution in [0.25, 0.3) is 10.6 Å². The number of benzene rings is 1. The highest BCUT2D eigenvalue weighted by atomic mass is 32.1. The normalized spacial score (nSPS) is 11.5. The van der Waals surface area contributed by atoms with Crippen molar-refractivity contribution in [2.45, 2.75) is 46.6 Å². The van der Waals surface area contributed by atoms with E-state index in [1.54, 1.807) is 23.5 Å². The Balaban J connectivity index is 2.20. The lowest BCUT2D eigenvalue weighted by atomic mass is 10.1. The van der Waals surface area contributed by atoms with E-state index in [0.29, 0.717) is 5.56 Å². The summed E-state index contributed by atoms with van der Waals surface area (Å²) in [6, 6.07) is 7.45. The van der Waals surface area contributed by atoms with Gasteiger partial charge in [-0.05, 0) is 46.2 Å². The molecular formula is C17H21NO2S. The molecule has 0 aliphatic heterocycles. The van der Waals surface area contributed by atoms with Crippen LogP contribution in [0, 0.1) is 6.92 Å². The number of esters is 1. The minimum atomic E-state index is -0.474. The van der Waals surface area contributed by atoms with Crippen molar-refractivity contribution in [3.63, 3.8) is 0 Å². The van der Waals surface area contributed by atoms with Gasteiger partial charge in [0.15, 0.2) is 0 Å². The van der Waals surface area contributed by atoms with Gasteiger partial charge < -0.3 is 4.74 Å². The fourth-order valence-corrected chi connectivity index (χ4v) is 2.97. The third-order valence-electron chi connectivity index (χ3n) is 2.99. The second-order valence-electron chi connectivity index (χ2n) is 5.95. The van der Waals surface area contributed by atoms with Gasteiger partial charge in [0.25, 0.3) is 0 Å². The number of nitrogens with zero attached hydrogens (tertiary/aromatic N) is 1. The summed E-state index contributed by atoms with van der Waals surface area (Å²) >= 11 is 1.69. The topological polar surface area (TPSA) is 39.2 Å². The molecule has 112 valence electrons. The monoisotopic (exact) mass is 303 g/mol. The number of carbonyl (C=O) groups is 1. The summed E-state index contributed by atoms with van der Waals surface area (Å²) in [6.07, 6.45) is 0.943. The van der Waals surface area contributed by atoms with Crippen LogP contribution < -0.4 is 0 Å². The van der Waals surface area contributed by atoms with E-state index in [1.165, 1.54) is 4.88 Å². The van der Waals surface area contributed by atoms with Crippen LogP contribution in [0.1, 0.15) is 48.6 Å². The molecule has 2 rings (SSSR count). The maximum Gasteiger partial charge on any atom is 0.338 e. The molecule has 0 N–H and O–H groups in total. The van der Waals surface area contributed by atoms with Gasteiger partial charge >= 0.3 is 5.97 Å². The summed E-state index contributed by atoms with van der Waals surface area (Å²) < 4.78 is 5.36. The molecule has 1 aromatic carbocycles. The summed E-state index contributed by atoms with van der Waals surface area (Å²) in [7, 11) is 0. The van der Waals surface area contributed by atoms with Crippen LogP contribution in [-0.2, 0) is 11.2 Å². The van der Waals surface area contributed by atoms with Crippen LogP contribution in [0.3, 0.4) is 0 Å². The fourth-order valence-electron chi connectivity index (χ4n) is 1.97. The molecule has 0 aliphatic rings. The Kier molecular flexibility index (Phi) is 4.47. The van der Waals surface area contributed by atoms with Crippen molar-refractivity contribution in [3.05, 3.63) is 40.4 Å². The highest BCUT2D eigenvalue weighted by Gasteiger charge is 2.18. The third kappa shape index (κ3) is 3.91. The molecule has 0 fully saturated rings. The van der Waals surface area contributed by atoms with Gasteiger partial charge in [0.05, 0.1) is 11.3 Å². The van der Waals surface area contributed by atoms with Gasteiger partial charge in [-0.3, -0.25) is 0 Å². The van der Waals surface area contributed by atoms with Gasteiger partial charge in [-0.2, -0.15) is 0 Å². The molecule has 0 saturated carbocycles. The van der Waals surface area contributed by atoms with Gasteiger partial charge in [-0.15, -0.1) is 11.3 Å². The van der Waals surface area contributed by atoms with Crippen LogP contribution in [-0.4, -0.2) is 16.6 Å². The molecule has 1 aromatic heterocycles. The van der Waals surface area contributed by atoms with Gasteiger partial charge in [-0.25, -0.2) is 9.78 Å². The summed E-state index contributed by atoms with van der Waals surface area (Å²) in [4.78, 5) is 17.9. The lowest BCUT2D eigenvalue weighted by Gasteiger charge is -2.19. The molecule has 3 nitrogen and oxygen atoms in total. The first-order valence-electron chi connectivity index (χ1n) is 7.10. The number of thiazole rings is 1. The summed E-state index contributed by atoms with van der Waals surface area (Å²) in [5.41, 5.74) is 2.28. The van der Waals surface area contributed by atoms with Crippen molar-refractivity contribution in [3.8, 4) is 10.6 Å². The van der Waals surface area contributed by atoms with Crippen molar-refractivity contribution in [2.24, 2.45) is 0 Å². The van der Waals surface area contributed by atoms with E-state index >= 15 is 0 Å². The van der Waals surface area contributed by atoms with Gasteiger partial charge in [0.2, 0.25) is 0 Å². The zero-order valence-electron chi connectivity index (χ0n) is 13.2. The predicted molar refractivity (Wildman–Crippen MR) is 86.8 cm³/mol. The number of aryl methyl sites for hydroxylation is 2. The third-order valence-corrected chi connectivity index (χ3v) is 4.06. The van der Waals surface area contributed by atoms with E-state index < -0.39 is 5.60 Å². The van der Waals surface area contributed by atoms with Crippen molar-refractivity contribution in [2.75, 3.05) is 0 Å². The van der Waals surface area contributed by atoms with E-state index in [1.807, 2.05) is 32.9 Å². The number of ether oxygens (including phenoxy) is 1. The quantitative estimate of drug-likeness (QED) is 0.776. The van der Waals surface area contributed by atoms with E-state index in [9.17, 15) is 4.79 Å². The van der Waals surface area contributed by atoms with Gasteiger partial charge in [0, 0.05) is 10.4 Å². The number of carbonyl (C=O) groups excluding carboxylic acids is 1. The number of hydrogen-bond donors (Lipinski definition) is 0. The lowest BCUT2D eigenvalue weighted by molar-refractivity contribution is 0.00696. The number of rotatable bonds is 3. The number of hydrogen-bond acceptors (Lipinski definition) is 4. The Labute approximate surface area is 130 Å². The van der Waals surface area contributed by atoms with Crippen LogP contribution in [0.15, 0.2) is 24.3 Å². The molecule has 0 aliphatic carbocycles. The van der Waals surface area contributed by atoms with Gasteiger partial charge in [0.1, 0.15) is 10.6 Å². The first kappa shape index (κ1) is 15.7. The first-order chi connectivity index (χ1) is 9.80. The molecule has 0 saturated heterocycles. The zero-order chi connectivity index (χ0) is 15.6. The average molecular weight is 303 g/mol. The number of aromatic nitrogens is 1. The molecule has 4 heteroatoms. The molecular weight excluding hydrogens is 282 g/mol. The van der Waals surface area contributed by atoms with E-state index in [0.717, 1.165) is 22.7 Å². The summed E-state index contributed by atoms with van der Waals surface area (Å²) in [5, 5.41) is 1.00. The smallest absolute Gasteiger partial charge is 0.338 e. The van der Waals surface area contributed by atoms with Crippen molar-refractivity contribution in [1.29, 1.82) is 0 Å². The highest BCUT2D eigenvalue weighted by Crippen LogP contribution is 2.28. The first-order valence-corrected chi connectivity index (χ1v) is 7.92.